The van der Waals surface area contributed by atoms with E-state index < -0.39 is 59.8 Å². The first-order valence-electron chi connectivity index (χ1n) is 22.5. The molecule has 69 heavy (non-hydrogen) atoms. The van der Waals surface area contributed by atoms with E-state index >= 15 is 0 Å². The molecule has 0 unspecified atom stereocenters. The van der Waals surface area contributed by atoms with Gasteiger partial charge in [0, 0.05) is 55.6 Å². The van der Waals surface area contributed by atoms with Crippen molar-refractivity contribution in [3.05, 3.63) is 107 Å². The molecule has 0 aliphatic carbocycles. The molecule has 2 aromatic heterocycles. The molecule has 4 rings (SSSR count). The molecule has 18 heteroatoms. The van der Waals surface area contributed by atoms with Gasteiger partial charge >= 0.3 is 29.8 Å². The molecule has 0 aliphatic rings. The first-order valence-corrected chi connectivity index (χ1v) is 22.5. The number of rotatable bonds is 18. The van der Waals surface area contributed by atoms with E-state index in [1.165, 1.54) is 52.6 Å². The molecule has 18 nitrogen and oxygen atoms in total. The minimum absolute atomic E-state index is 0.00264. The quantitative estimate of drug-likeness (QED) is 0.0499. The van der Waals surface area contributed by atoms with Crippen LogP contribution in [-0.4, -0.2) is 95.2 Å². The Hall–Kier alpha value is -7.37. The lowest BCUT2D eigenvalue weighted by Crippen LogP contribution is -2.41. The summed E-state index contributed by atoms with van der Waals surface area (Å²) in [5.74, 6) is -4.19. The number of esters is 5. The average Bonchev–Trinajstić information content (AvgIpc) is 3.33. The molecule has 374 valence electrons. The number of hydrogen-bond acceptors (Lipinski definition) is 16. The van der Waals surface area contributed by atoms with Gasteiger partial charge in [0.25, 0.3) is 11.8 Å². The van der Waals surface area contributed by atoms with Gasteiger partial charge in [-0.15, -0.1) is 0 Å². The molecule has 0 fully saturated rings. The lowest BCUT2D eigenvalue weighted by atomic mass is 9.92. The Morgan fingerprint density at radius 1 is 0.565 bits per heavy atom. The van der Waals surface area contributed by atoms with Crippen molar-refractivity contribution in [1.82, 2.24) is 20.6 Å². The number of ether oxygens (including phenoxy) is 6. The largest absolute Gasteiger partial charge is 0.503 e. The van der Waals surface area contributed by atoms with Gasteiger partial charge in [0.2, 0.25) is 5.75 Å². The number of carbonyl (C=O) groups is 7. The van der Waals surface area contributed by atoms with Crippen LogP contribution in [0.5, 0.6) is 23.0 Å². The van der Waals surface area contributed by atoms with Crippen molar-refractivity contribution in [2.24, 2.45) is 0 Å². The Bertz CT molecular complexity index is 2370. The predicted octanol–water partition coefficient (Wildman–Crippen LogP) is 7.40. The predicted molar refractivity (Wildman–Crippen MR) is 255 cm³/mol. The molecule has 0 bridgehead atoms. The van der Waals surface area contributed by atoms with E-state index in [1.807, 2.05) is 90.1 Å². The lowest BCUT2D eigenvalue weighted by molar-refractivity contribution is -0.159. The first kappa shape index (κ1) is 57.8. The van der Waals surface area contributed by atoms with Crippen LogP contribution in [-0.2, 0) is 38.2 Å². The zero-order valence-corrected chi connectivity index (χ0v) is 41.7. The summed E-state index contributed by atoms with van der Waals surface area (Å²) in [5, 5.41) is 15.1. The monoisotopic (exact) mass is 958 g/mol. The third kappa shape index (κ3) is 17.7. The summed E-state index contributed by atoms with van der Waals surface area (Å²) in [6.07, 6.45) is 2.53. The van der Waals surface area contributed by atoms with Gasteiger partial charge < -0.3 is 44.2 Å². The number of aromatic hydroxyl groups is 1. The van der Waals surface area contributed by atoms with Gasteiger partial charge in [-0.3, -0.25) is 24.0 Å². The van der Waals surface area contributed by atoms with Crippen LogP contribution in [0.3, 0.4) is 0 Å². The molecular formula is C51H66N4O14. The van der Waals surface area contributed by atoms with E-state index in [0.717, 1.165) is 22.3 Å². The number of nitrogens with zero attached hydrogens (tertiary/aromatic N) is 2. The fourth-order valence-electron chi connectivity index (χ4n) is 6.20. The fraction of sp³-hybridized carbons (Fsp3) is 0.431. The van der Waals surface area contributed by atoms with Gasteiger partial charge in [-0.2, -0.15) is 0 Å². The van der Waals surface area contributed by atoms with Crippen LogP contribution in [0.1, 0.15) is 137 Å². The van der Waals surface area contributed by atoms with E-state index in [-0.39, 0.29) is 71.6 Å². The van der Waals surface area contributed by atoms with Crippen molar-refractivity contribution < 1.29 is 67.1 Å². The van der Waals surface area contributed by atoms with Gasteiger partial charge in [0.15, 0.2) is 28.6 Å². The Labute approximate surface area is 403 Å². The van der Waals surface area contributed by atoms with Crippen molar-refractivity contribution in [3.8, 4) is 23.0 Å². The standard InChI is InChI=1S/C24H30N2O6.C21H26N2O5.C6H10O3/c1-7-20(27)32-22-19(30-6)12-13-25-21(22)23(28)26-16(4)24(29)31-17(5)15(3)18-11-9-8-10-14(18)2;1-12-8-6-7-9-16(12)13(2)15(4)28-21(26)14(3)23-20(25)18-19(24)17(27-5)10-11-22-18;1-3-5(7)9-6(8)4-2/h8-13,15-17H,7H2,1-6H3,(H,26,28);6-11,13-15,24H,1-5H3,(H,23,25);3-4H2,1-2H3/t15-,16+,17+;13-,14+,15+;/m11./s1. The van der Waals surface area contributed by atoms with E-state index in [1.54, 1.807) is 20.8 Å². The smallest absolute Gasteiger partial charge is 0.328 e. The summed E-state index contributed by atoms with van der Waals surface area (Å²) in [5.41, 5.74) is 4.05. The second-order valence-electron chi connectivity index (χ2n) is 15.7. The van der Waals surface area contributed by atoms with Crippen molar-refractivity contribution in [2.75, 3.05) is 14.2 Å². The molecule has 6 atom stereocenters. The second kappa shape index (κ2) is 28.7. The second-order valence-corrected chi connectivity index (χ2v) is 15.7. The highest BCUT2D eigenvalue weighted by Crippen LogP contribution is 2.31. The maximum atomic E-state index is 12.8. The third-order valence-electron chi connectivity index (χ3n) is 10.7. The van der Waals surface area contributed by atoms with Crippen LogP contribution in [0.15, 0.2) is 73.1 Å². The average molecular weight is 959 g/mol. The number of amides is 2. The first-order chi connectivity index (χ1) is 32.6. The number of methoxy groups -OCH3 is 2. The SMILES string of the molecule is CCC(=O)OC(=O)CC.CCC(=O)Oc1c(OC)ccnc1C(=O)N[C@@H](C)C(=O)O[C@@H](C)[C@@H](C)c1ccccc1C.COc1ccnc(C(=O)N[C@@H](C)C(=O)O[C@@H](C)[C@@H](C)c2ccccc2C)c1O. The number of nitrogens with one attached hydrogen (secondary N) is 2. The highest BCUT2D eigenvalue weighted by atomic mass is 16.6. The molecule has 2 amide bonds. The summed E-state index contributed by atoms with van der Waals surface area (Å²) < 4.78 is 30.8. The van der Waals surface area contributed by atoms with E-state index in [0.29, 0.717) is 0 Å². The molecule has 4 aromatic rings. The Morgan fingerprint density at radius 3 is 1.36 bits per heavy atom. The summed E-state index contributed by atoms with van der Waals surface area (Å²) in [4.78, 5) is 90.4. The van der Waals surface area contributed by atoms with Crippen LogP contribution < -0.4 is 24.8 Å². The number of aromatic nitrogens is 2. The topological polar surface area (TPSA) is 245 Å². The molecule has 2 aromatic carbocycles. The van der Waals surface area contributed by atoms with E-state index in [2.05, 4.69) is 25.3 Å². The molecule has 0 saturated carbocycles. The van der Waals surface area contributed by atoms with Crippen LogP contribution in [0.4, 0.5) is 0 Å². The minimum Gasteiger partial charge on any atom is -0.503 e. The summed E-state index contributed by atoms with van der Waals surface area (Å²) >= 11 is 0. The maximum Gasteiger partial charge on any atom is 0.328 e. The molecule has 0 saturated heterocycles. The van der Waals surface area contributed by atoms with Crippen molar-refractivity contribution in [2.45, 2.75) is 132 Å². The highest BCUT2D eigenvalue weighted by Gasteiger charge is 2.29. The summed E-state index contributed by atoms with van der Waals surface area (Å²) in [7, 11) is 2.75. The molecule has 2 heterocycles. The molecule has 0 aliphatic heterocycles. The normalized spacial score (nSPS) is 13.0. The van der Waals surface area contributed by atoms with Crippen molar-refractivity contribution in [3.63, 3.8) is 0 Å². The van der Waals surface area contributed by atoms with Crippen LogP contribution in [0.2, 0.25) is 0 Å². The molecule has 3 N–H and O–H groups in total. The number of pyridine rings is 2. The van der Waals surface area contributed by atoms with E-state index in [9.17, 15) is 38.7 Å². The van der Waals surface area contributed by atoms with Gasteiger partial charge in [-0.1, -0.05) is 83.1 Å². The molecule has 0 radical (unpaired) electrons. The van der Waals surface area contributed by atoms with E-state index in [4.69, 9.17) is 23.7 Å². The Kier molecular flexibility index (Phi) is 24.0. The molecular weight excluding hydrogens is 893 g/mol. The third-order valence-corrected chi connectivity index (χ3v) is 10.7. The minimum atomic E-state index is -0.947. The van der Waals surface area contributed by atoms with Gasteiger partial charge in [-0.25, -0.2) is 19.6 Å². The Balaban J connectivity index is 0.000000404. The highest BCUT2D eigenvalue weighted by molar-refractivity contribution is 5.99. The maximum absolute atomic E-state index is 12.8. The zero-order valence-electron chi connectivity index (χ0n) is 41.7. The summed E-state index contributed by atoms with van der Waals surface area (Å²) in [6, 6.07) is 16.9. The van der Waals surface area contributed by atoms with Crippen molar-refractivity contribution in [1.29, 1.82) is 0 Å². The number of aryl methyl sites for hydroxylation is 2. The number of carbonyl (C=O) groups excluding carboxylic acids is 7. The van der Waals surface area contributed by atoms with Crippen molar-refractivity contribution >= 4 is 41.7 Å². The van der Waals surface area contributed by atoms with Crippen LogP contribution in [0.25, 0.3) is 0 Å². The molecule has 0 spiro atoms. The Morgan fingerprint density at radius 2 is 0.957 bits per heavy atom. The lowest BCUT2D eigenvalue weighted by Gasteiger charge is -2.24. The number of benzene rings is 2. The summed E-state index contributed by atoms with van der Waals surface area (Å²) in [6.45, 7) is 19.6. The van der Waals surface area contributed by atoms with Gasteiger partial charge in [0.05, 0.1) is 14.2 Å². The zero-order chi connectivity index (χ0) is 52.0. The van der Waals surface area contributed by atoms with Crippen LogP contribution >= 0.6 is 0 Å². The number of hydrogen-bond donors (Lipinski definition) is 3. The van der Waals surface area contributed by atoms with Gasteiger partial charge in [-0.05, 0) is 63.8 Å². The van der Waals surface area contributed by atoms with Crippen LogP contribution in [0, 0.1) is 13.8 Å². The fourth-order valence-corrected chi connectivity index (χ4v) is 6.20. The van der Waals surface area contributed by atoms with Gasteiger partial charge in [0.1, 0.15) is 24.3 Å².